The molecule has 1 aliphatic rings. The molecule has 3 heteroatoms. The van der Waals surface area contributed by atoms with Crippen molar-refractivity contribution in [1.82, 2.24) is 5.32 Å². The molecule has 106 valence electrons. The molecule has 0 heterocycles. The van der Waals surface area contributed by atoms with E-state index in [0.29, 0.717) is 6.04 Å². The predicted molar refractivity (Wildman–Crippen MR) is 80.8 cm³/mol. The van der Waals surface area contributed by atoms with Crippen molar-refractivity contribution >= 4 is 11.6 Å². The fourth-order valence-corrected chi connectivity index (χ4v) is 3.49. The molecule has 0 bridgehead atoms. The Kier molecular flexibility index (Phi) is 5.26. The zero-order valence-electron chi connectivity index (χ0n) is 11.9. The molecule has 0 radical (unpaired) electrons. The number of hydrogen-bond acceptors (Lipinski definition) is 2. The summed E-state index contributed by atoms with van der Waals surface area (Å²) in [4.78, 5) is 0. The maximum absolute atomic E-state index is 6.28. The van der Waals surface area contributed by atoms with Crippen LogP contribution in [0.2, 0.25) is 5.02 Å². The highest BCUT2D eigenvalue weighted by molar-refractivity contribution is 6.31. The zero-order chi connectivity index (χ0) is 13.7. The van der Waals surface area contributed by atoms with Crippen LogP contribution >= 0.6 is 11.6 Å². The van der Waals surface area contributed by atoms with E-state index in [2.05, 4.69) is 11.4 Å². The Balaban J connectivity index is 2.17. The van der Waals surface area contributed by atoms with Gasteiger partial charge in [0.2, 0.25) is 0 Å². The van der Waals surface area contributed by atoms with Crippen LogP contribution in [0.15, 0.2) is 24.3 Å². The molecule has 0 aromatic heterocycles. The first kappa shape index (κ1) is 14.8. The van der Waals surface area contributed by atoms with Gasteiger partial charge >= 0.3 is 0 Å². The number of methoxy groups -OCH3 is 1. The first-order chi connectivity index (χ1) is 9.22. The van der Waals surface area contributed by atoms with Gasteiger partial charge in [0, 0.05) is 18.2 Å². The third kappa shape index (κ3) is 3.31. The second kappa shape index (κ2) is 6.74. The van der Waals surface area contributed by atoms with E-state index in [4.69, 9.17) is 16.3 Å². The minimum Gasteiger partial charge on any atom is -0.377 e. The lowest BCUT2D eigenvalue weighted by Gasteiger charge is -2.42. The van der Waals surface area contributed by atoms with Crippen LogP contribution in [0.1, 0.15) is 37.7 Å². The average Bonchev–Trinajstić information content (AvgIpc) is 2.47. The lowest BCUT2D eigenvalue weighted by molar-refractivity contribution is -0.0656. The van der Waals surface area contributed by atoms with Crippen molar-refractivity contribution in [3.05, 3.63) is 34.9 Å². The van der Waals surface area contributed by atoms with Crippen molar-refractivity contribution in [1.29, 1.82) is 0 Å². The summed E-state index contributed by atoms with van der Waals surface area (Å²) in [7, 11) is 3.87. The van der Waals surface area contributed by atoms with Crippen molar-refractivity contribution < 1.29 is 4.74 Å². The molecule has 1 saturated carbocycles. The van der Waals surface area contributed by atoms with Crippen LogP contribution in [0.5, 0.6) is 0 Å². The van der Waals surface area contributed by atoms with Crippen LogP contribution in [0, 0.1) is 0 Å². The molecule has 1 fully saturated rings. The van der Waals surface area contributed by atoms with Gasteiger partial charge in [0.1, 0.15) is 0 Å². The van der Waals surface area contributed by atoms with E-state index < -0.39 is 0 Å². The van der Waals surface area contributed by atoms with Crippen molar-refractivity contribution in [3.63, 3.8) is 0 Å². The average molecular weight is 282 g/mol. The summed E-state index contributed by atoms with van der Waals surface area (Å²) in [5.74, 6) is 0. The van der Waals surface area contributed by atoms with E-state index in [1.807, 2.05) is 32.4 Å². The van der Waals surface area contributed by atoms with Gasteiger partial charge in [0.15, 0.2) is 0 Å². The van der Waals surface area contributed by atoms with Gasteiger partial charge in [0.25, 0.3) is 0 Å². The molecule has 2 rings (SSSR count). The molecule has 1 aliphatic carbocycles. The molecule has 1 atom stereocenters. The molecule has 1 unspecified atom stereocenters. The summed E-state index contributed by atoms with van der Waals surface area (Å²) in [6.45, 7) is 0. The topological polar surface area (TPSA) is 21.3 Å². The maximum atomic E-state index is 6.28. The second-order valence-electron chi connectivity index (χ2n) is 5.47. The molecule has 19 heavy (non-hydrogen) atoms. The van der Waals surface area contributed by atoms with Gasteiger partial charge in [-0.05, 0) is 37.9 Å². The lowest BCUT2D eigenvalue weighted by Crippen LogP contribution is -2.53. The largest absolute Gasteiger partial charge is 0.377 e. The van der Waals surface area contributed by atoms with Crippen molar-refractivity contribution in [2.75, 3.05) is 14.2 Å². The quantitative estimate of drug-likeness (QED) is 0.886. The molecular weight excluding hydrogens is 258 g/mol. The Morgan fingerprint density at radius 2 is 1.95 bits per heavy atom. The number of ether oxygens (including phenoxy) is 1. The highest BCUT2D eigenvalue weighted by Gasteiger charge is 2.39. The van der Waals surface area contributed by atoms with E-state index in [9.17, 15) is 0 Å². The third-order valence-electron chi connectivity index (χ3n) is 4.47. The number of benzene rings is 1. The van der Waals surface area contributed by atoms with E-state index in [1.54, 1.807) is 0 Å². The van der Waals surface area contributed by atoms with Crippen LogP contribution < -0.4 is 5.32 Å². The van der Waals surface area contributed by atoms with Crippen molar-refractivity contribution in [3.8, 4) is 0 Å². The van der Waals surface area contributed by atoms with Crippen LogP contribution in [0.25, 0.3) is 0 Å². The van der Waals surface area contributed by atoms with Crippen LogP contribution in [0.3, 0.4) is 0 Å². The number of halogens is 1. The normalized spacial score (nSPS) is 20.2. The molecule has 0 spiro atoms. The van der Waals surface area contributed by atoms with E-state index in [1.165, 1.54) is 24.8 Å². The Bertz CT molecular complexity index is 401. The first-order valence-electron chi connectivity index (χ1n) is 7.17. The summed E-state index contributed by atoms with van der Waals surface area (Å²) >= 11 is 6.28. The zero-order valence-corrected chi connectivity index (χ0v) is 12.7. The molecule has 0 amide bonds. The fourth-order valence-electron chi connectivity index (χ4n) is 3.28. The highest BCUT2D eigenvalue weighted by Crippen LogP contribution is 2.35. The highest BCUT2D eigenvalue weighted by atomic mass is 35.5. The van der Waals surface area contributed by atoms with E-state index >= 15 is 0 Å². The van der Waals surface area contributed by atoms with Gasteiger partial charge in [0.05, 0.1) is 5.60 Å². The summed E-state index contributed by atoms with van der Waals surface area (Å²) < 4.78 is 5.94. The Morgan fingerprint density at radius 1 is 1.26 bits per heavy atom. The van der Waals surface area contributed by atoms with Crippen molar-refractivity contribution in [2.24, 2.45) is 0 Å². The number of rotatable bonds is 5. The molecule has 0 saturated heterocycles. The van der Waals surface area contributed by atoms with Crippen molar-refractivity contribution in [2.45, 2.75) is 50.2 Å². The Morgan fingerprint density at radius 3 is 2.53 bits per heavy atom. The second-order valence-corrected chi connectivity index (χ2v) is 5.87. The molecular formula is C16H24ClNO. The van der Waals surface area contributed by atoms with E-state index in [-0.39, 0.29) is 5.60 Å². The number of nitrogens with one attached hydrogen (secondary N) is 1. The smallest absolute Gasteiger partial charge is 0.0834 e. The SMILES string of the molecule is CNC(Cc1ccccc1Cl)C1(OC)CCCCC1. The summed E-state index contributed by atoms with van der Waals surface area (Å²) in [5, 5.41) is 4.31. The van der Waals surface area contributed by atoms with Gasteiger partial charge in [-0.1, -0.05) is 49.1 Å². The Labute approximate surface area is 121 Å². The minimum absolute atomic E-state index is 0.0355. The van der Waals surface area contributed by atoms with Gasteiger partial charge < -0.3 is 10.1 Å². The van der Waals surface area contributed by atoms with Gasteiger partial charge in [-0.3, -0.25) is 0 Å². The molecule has 2 nitrogen and oxygen atoms in total. The standard InChI is InChI=1S/C16H24ClNO/c1-18-15(12-13-8-4-5-9-14(13)17)16(19-2)10-6-3-7-11-16/h4-5,8-9,15,18H,3,6-7,10-12H2,1-2H3. The van der Waals surface area contributed by atoms with Crippen LogP contribution in [-0.2, 0) is 11.2 Å². The van der Waals surface area contributed by atoms with Gasteiger partial charge in [-0.15, -0.1) is 0 Å². The van der Waals surface area contributed by atoms with Gasteiger partial charge in [-0.25, -0.2) is 0 Å². The summed E-state index contributed by atoms with van der Waals surface area (Å²) in [5.41, 5.74) is 1.16. The first-order valence-corrected chi connectivity index (χ1v) is 7.55. The lowest BCUT2D eigenvalue weighted by atomic mass is 9.77. The van der Waals surface area contributed by atoms with E-state index in [0.717, 1.165) is 24.3 Å². The van der Waals surface area contributed by atoms with Gasteiger partial charge in [-0.2, -0.15) is 0 Å². The molecule has 1 N–H and O–H groups in total. The molecule has 1 aromatic rings. The number of hydrogen-bond donors (Lipinski definition) is 1. The fraction of sp³-hybridized carbons (Fsp3) is 0.625. The Hall–Kier alpha value is -0.570. The third-order valence-corrected chi connectivity index (χ3v) is 4.84. The number of likely N-dealkylation sites (N-methyl/N-ethyl adjacent to an activating group) is 1. The summed E-state index contributed by atoms with van der Waals surface area (Å²) in [6, 6.07) is 8.42. The van der Waals surface area contributed by atoms with Crippen LogP contribution in [0.4, 0.5) is 0 Å². The molecule has 0 aliphatic heterocycles. The monoisotopic (exact) mass is 281 g/mol. The molecule has 1 aromatic carbocycles. The predicted octanol–water partition coefficient (Wildman–Crippen LogP) is 3.82. The summed E-state index contributed by atoms with van der Waals surface area (Å²) in [6.07, 6.45) is 7.04. The minimum atomic E-state index is -0.0355. The maximum Gasteiger partial charge on any atom is 0.0834 e. The van der Waals surface area contributed by atoms with Crippen LogP contribution in [-0.4, -0.2) is 25.8 Å².